The van der Waals surface area contributed by atoms with Gasteiger partial charge >= 0.3 is 5.97 Å². The van der Waals surface area contributed by atoms with Crippen LogP contribution in [0.15, 0.2) is 24.3 Å². The Hall–Kier alpha value is -1.59. The summed E-state index contributed by atoms with van der Waals surface area (Å²) >= 11 is 0. The number of nitrogens with one attached hydrogen (secondary N) is 1. The van der Waals surface area contributed by atoms with Gasteiger partial charge in [-0.25, -0.2) is 0 Å². The summed E-state index contributed by atoms with van der Waals surface area (Å²) in [5.74, 6) is -1.02. The number of hydrogen-bond donors (Lipinski definition) is 4. The van der Waals surface area contributed by atoms with Crippen molar-refractivity contribution in [2.24, 2.45) is 0 Å². The molecule has 2 unspecified atom stereocenters. The minimum Gasteiger partial charge on any atom is -0.508 e. The Morgan fingerprint density at radius 1 is 1.44 bits per heavy atom. The van der Waals surface area contributed by atoms with Crippen molar-refractivity contribution >= 4 is 5.97 Å². The van der Waals surface area contributed by atoms with Crippen molar-refractivity contribution in [3.05, 3.63) is 29.8 Å². The van der Waals surface area contributed by atoms with Gasteiger partial charge in [0.2, 0.25) is 0 Å². The van der Waals surface area contributed by atoms with Gasteiger partial charge in [0, 0.05) is 11.6 Å². The number of hydrogen-bond acceptors (Lipinski definition) is 4. The Morgan fingerprint density at radius 2 is 2.06 bits per heavy atom. The van der Waals surface area contributed by atoms with Crippen molar-refractivity contribution in [3.63, 3.8) is 0 Å². The van der Waals surface area contributed by atoms with Crippen molar-refractivity contribution in [1.29, 1.82) is 0 Å². The molecule has 0 radical (unpaired) electrons. The monoisotopic (exact) mass is 225 g/mol. The number of rotatable bonds is 5. The van der Waals surface area contributed by atoms with E-state index in [1.807, 2.05) is 0 Å². The van der Waals surface area contributed by atoms with Crippen molar-refractivity contribution < 1.29 is 20.1 Å². The Morgan fingerprint density at radius 3 is 2.56 bits per heavy atom. The number of phenols is 1. The number of carboxylic acids is 1. The van der Waals surface area contributed by atoms with Gasteiger partial charge in [0.1, 0.15) is 11.8 Å². The zero-order chi connectivity index (χ0) is 12.1. The molecule has 0 heterocycles. The minimum absolute atomic E-state index is 0.101. The third-order valence-electron chi connectivity index (χ3n) is 2.34. The third-order valence-corrected chi connectivity index (χ3v) is 2.34. The first kappa shape index (κ1) is 12.5. The second kappa shape index (κ2) is 5.48. The van der Waals surface area contributed by atoms with Crippen LogP contribution in [0.1, 0.15) is 18.5 Å². The molecule has 0 aliphatic carbocycles. The summed E-state index contributed by atoms with van der Waals surface area (Å²) < 4.78 is 0. The minimum atomic E-state index is -1.12. The zero-order valence-electron chi connectivity index (χ0n) is 8.92. The standard InChI is InChI=1S/C11H15NO4/c1-7(12-9(6-13)11(15)16)8-4-2-3-5-10(8)14/h2-5,7,9,12-14H,6H2,1H3,(H,15,16). The van der Waals surface area contributed by atoms with E-state index in [4.69, 9.17) is 10.2 Å². The number of carboxylic acid groups (broad SMARTS) is 1. The molecular weight excluding hydrogens is 210 g/mol. The molecule has 0 spiro atoms. The Kier molecular flexibility index (Phi) is 4.28. The molecule has 0 saturated carbocycles. The number of aromatic hydroxyl groups is 1. The van der Waals surface area contributed by atoms with E-state index in [9.17, 15) is 9.90 Å². The molecule has 88 valence electrons. The first-order chi connectivity index (χ1) is 7.56. The summed E-state index contributed by atoms with van der Waals surface area (Å²) in [5.41, 5.74) is 0.599. The maximum absolute atomic E-state index is 10.7. The first-order valence-electron chi connectivity index (χ1n) is 4.94. The number of carbonyl (C=O) groups is 1. The average Bonchev–Trinajstić information content (AvgIpc) is 2.25. The lowest BCUT2D eigenvalue weighted by Gasteiger charge is -2.19. The normalized spacial score (nSPS) is 14.4. The lowest BCUT2D eigenvalue weighted by Crippen LogP contribution is -2.41. The largest absolute Gasteiger partial charge is 0.508 e. The number of phenolic OH excluding ortho intramolecular Hbond substituents is 1. The van der Waals surface area contributed by atoms with Gasteiger partial charge in [-0.3, -0.25) is 10.1 Å². The van der Waals surface area contributed by atoms with Crippen LogP contribution in [-0.2, 0) is 4.79 Å². The SMILES string of the molecule is CC(NC(CO)C(=O)O)c1ccccc1O. The third kappa shape index (κ3) is 2.95. The molecule has 4 N–H and O–H groups in total. The van der Waals surface area contributed by atoms with Gasteiger partial charge in [-0.2, -0.15) is 0 Å². The smallest absolute Gasteiger partial charge is 0.323 e. The molecule has 0 bridgehead atoms. The van der Waals surface area contributed by atoms with Crippen molar-refractivity contribution in [1.82, 2.24) is 5.32 Å². The summed E-state index contributed by atoms with van der Waals surface area (Å²) in [6.07, 6.45) is 0. The van der Waals surface area contributed by atoms with Crippen molar-refractivity contribution in [2.45, 2.75) is 19.0 Å². The summed E-state index contributed by atoms with van der Waals surface area (Å²) in [6, 6.07) is 5.28. The number of aliphatic hydroxyl groups excluding tert-OH is 1. The highest BCUT2D eigenvalue weighted by atomic mass is 16.4. The van der Waals surface area contributed by atoms with Gasteiger partial charge in [0.15, 0.2) is 0 Å². The molecular formula is C11H15NO4. The van der Waals surface area contributed by atoms with E-state index in [1.54, 1.807) is 25.1 Å². The van der Waals surface area contributed by atoms with Crippen LogP contribution >= 0.6 is 0 Å². The van der Waals surface area contributed by atoms with E-state index in [1.165, 1.54) is 6.07 Å². The summed E-state index contributed by atoms with van der Waals surface area (Å²) in [7, 11) is 0. The topological polar surface area (TPSA) is 89.8 Å². The van der Waals surface area contributed by atoms with Gasteiger partial charge in [-0.05, 0) is 13.0 Å². The Balaban J connectivity index is 2.75. The highest BCUT2D eigenvalue weighted by molar-refractivity contribution is 5.73. The van der Waals surface area contributed by atoms with Crippen LogP contribution in [0.2, 0.25) is 0 Å². The molecule has 5 nitrogen and oxygen atoms in total. The van der Waals surface area contributed by atoms with Gasteiger partial charge in [-0.1, -0.05) is 18.2 Å². The van der Waals surface area contributed by atoms with E-state index < -0.39 is 18.6 Å². The van der Waals surface area contributed by atoms with Crippen LogP contribution in [0.4, 0.5) is 0 Å². The first-order valence-corrected chi connectivity index (χ1v) is 4.94. The average molecular weight is 225 g/mol. The van der Waals surface area contributed by atoms with Gasteiger partial charge in [-0.15, -0.1) is 0 Å². The van der Waals surface area contributed by atoms with E-state index in [0.29, 0.717) is 5.56 Å². The summed E-state index contributed by atoms with van der Waals surface area (Å²) in [4.78, 5) is 10.7. The molecule has 0 aliphatic heterocycles. The fraction of sp³-hybridized carbons (Fsp3) is 0.364. The van der Waals surface area contributed by atoms with E-state index in [-0.39, 0.29) is 11.8 Å². The molecule has 1 aromatic carbocycles. The molecule has 1 aromatic rings. The second-order valence-corrected chi connectivity index (χ2v) is 3.52. The van der Waals surface area contributed by atoms with Crippen molar-refractivity contribution in [3.8, 4) is 5.75 Å². The quantitative estimate of drug-likeness (QED) is 0.585. The molecule has 5 heteroatoms. The molecule has 16 heavy (non-hydrogen) atoms. The van der Waals surface area contributed by atoms with Gasteiger partial charge in [0.05, 0.1) is 6.61 Å². The lowest BCUT2D eigenvalue weighted by molar-refractivity contribution is -0.140. The highest BCUT2D eigenvalue weighted by Crippen LogP contribution is 2.23. The molecule has 2 atom stereocenters. The Bertz CT molecular complexity index is 367. The molecule has 0 amide bonds. The zero-order valence-corrected chi connectivity index (χ0v) is 8.92. The van der Waals surface area contributed by atoms with Crippen molar-refractivity contribution in [2.75, 3.05) is 6.61 Å². The number of benzene rings is 1. The van der Waals surface area contributed by atoms with E-state index in [2.05, 4.69) is 5.32 Å². The molecule has 0 fully saturated rings. The van der Waals surface area contributed by atoms with Crippen LogP contribution in [-0.4, -0.2) is 33.9 Å². The van der Waals surface area contributed by atoms with E-state index in [0.717, 1.165) is 0 Å². The van der Waals surface area contributed by atoms with Crippen LogP contribution in [0.3, 0.4) is 0 Å². The highest BCUT2D eigenvalue weighted by Gasteiger charge is 2.20. The lowest BCUT2D eigenvalue weighted by atomic mass is 10.1. The maximum Gasteiger partial charge on any atom is 0.323 e. The maximum atomic E-state index is 10.7. The van der Waals surface area contributed by atoms with Crippen LogP contribution in [0.25, 0.3) is 0 Å². The van der Waals surface area contributed by atoms with Crippen LogP contribution in [0.5, 0.6) is 5.75 Å². The fourth-order valence-electron chi connectivity index (χ4n) is 1.45. The fourth-order valence-corrected chi connectivity index (χ4v) is 1.45. The van der Waals surface area contributed by atoms with Crippen LogP contribution in [0, 0.1) is 0 Å². The summed E-state index contributed by atoms with van der Waals surface area (Å²) in [5, 5.41) is 29.9. The molecule has 0 aromatic heterocycles. The van der Waals surface area contributed by atoms with E-state index >= 15 is 0 Å². The predicted molar refractivity (Wildman–Crippen MR) is 58.2 cm³/mol. The van der Waals surface area contributed by atoms with Gasteiger partial charge in [0.25, 0.3) is 0 Å². The molecule has 0 saturated heterocycles. The molecule has 0 aliphatic rings. The number of aliphatic carboxylic acids is 1. The number of aliphatic hydroxyl groups is 1. The summed E-state index contributed by atoms with van der Waals surface area (Å²) in [6.45, 7) is 1.23. The molecule has 1 rings (SSSR count). The van der Waals surface area contributed by atoms with Crippen LogP contribution < -0.4 is 5.32 Å². The van der Waals surface area contributed by atoms with Gasteiger partial charge < -0.3 is 15.3 Å². The predicted octanol–water partition coefficient (Wildman–Crippen LogP) is 0.488. The second-order valence-electron chi connectivity index (χ2n) is 3.52. The Labute approximate surface area is 93.4 Å². The number of para-hydroxylation sites is 1.